The summed E-state index contributed by atoms with van der Waals surface area (Å²) in [6, 6.07) is 28.5. The molecule has 1 heterocycles. The highest BCUT2D eigenvalue weighted by atomic mass is 35.7. The van der Waals surface area contributed by atoms with Crippen LogP contribution in [0.15, 0.2) is 91.1 Å². The number of aromatic carboxylic acids is 1. The van der Waals surface area contributed by atoms with Gasteiger partial charge in [-0.1, -0.05) is 48.5 Å². The standard InChI is InChI=1S/C24H20ClN2O2P/c1-18-16-26-23(24(28)29)27(18)17-19-12-14-22(15-13-19)30(25,20-8-4-2-5-9-20)21-10-6-3-7-11-21/h2-16H,17H2,1H3/p+1. The summed E-state index contributed by atoms with van der Waals surface area (Å²) in [4.78, 5) is 15.4. The number of carbonyl (C=O) groups is 1. The number of aryl methyl sites for hydroxylation is 1. The van der Waals surface area contributed by atoms with E-state index in [1.807, 2.05) is 55.5 Å². The van der Waals surface area contributed by atoms with Gasteiger partial charge in [-0.05, 0) is 48.9 Å². The Bertz CT molecular complexity index is 1120. The molecule has 30 heavy (non-hydrogen) atoms. The van der Waals surface area contributed by atoms with E-state index in [9.17, 15) is 9.90 Å². The van der Waals surface area contributed by atoms with Gasteiger partial charge in [0.1, 0.15) is 27.2 Å². The molecule has 0 fully saturated rings. The van der Waals surface area contributed by atoms with Crippen LogP contribution in [0.1, 0.15) is 21.9 Å². The van der Waals surface area contributed by atoms with Gasteiger partial charge in [0.2, 0.25) is 12.4 Å². The highest BCUT2D eigenvalue weighted by Gasteiger charge is 2.44. The van der Waals surface area contributed by atoms with E-state index in [1.165, 1.54) is 0 Å². The molecule has 0 atom stereocenters. The van der Waals surface area contributed by atoms with Gasteiger partial charge < -0.3 is 9.67 Å². The largest absolute Gasteiger partial charge is 0.475 e. The Morgan fingerprint density at radius 1 is 0.900 bits per heavy atom. The number of halogens is 1. The Kier molecular flexibility index (Phi) is 5.72. The van der Waals surface area contributed by atoms with E-state index >= 15 is 0 Å². The lowest BCUT2D eigenvalue weighted by Crippen LogP contribution is -2.27. The maximum absolute atomic E-state index is 11.4. The van der Waals surface area contributed by atoms with Crippen molar-refractivity contribution < 1.29 is 9.90 Å². The summed E-state index contributed by atoms with van der Waals surface area (Å²) in [7, 11) is 0. The summed E-state index contributed by atoms with van der Waals surface area (Å²) in [6.45, 7) is 0.00514. The molecule has 0 radical (unpaired) electrons. The fraction of sp³-hybridized carbons (Fsp3) is 0.0833. The quantitative estimate of drug-likeness (QED) is 0.457. The molecule has 0 spiro atoms. The second-order valence-electron chi connectivity index (χ2n) is 7.04. The minimum Gasteiger partial charge on any atom is -0.475 e. The van der Waals surface area contributed by atoms with E-state index in [-0.39, 0.29) is 5.82 Å². The summed E-state index contributed by atoms with van der Waals surface area (Å²) in [5, 5.41) is 12.6. The van der Waals surface area contributed by atoms with E-state index in [0.717, 1.165) is 27.2 Å². The van der Waals surface area contributed by atoms with E-state index < -0.39 is 12.6 Å². The predicted molar refractivity (Wildman–Crippen MR) is 124 cm³/mol. The molecular weight excluding hydrogens is 415 g/mol. The molecule has 0 unspecified atom stereocenters. The number of benzene rings is 3. The van der Waals surface area contributed by atoms with Crippen LogP contribution in [0.3, 0.4) is 0 Å². The summed E-state index contributed by atoms with van der Waals surface area (Å²) in [5.41, 5.74) is 1.80. The van der Waals surface area contributed by atoms with Crippen LogP contribution >= 0.6 is 17.9 Å². The Morgan fingerprint density at radius 3 is 1.90 bits per heavy atom. The summed E-state index contributed by atoms with van der Waals surface area (Å²) >= 11 is 7.42. The van der Waals surface area contributed by atoms with Gasteiger partial charge >= 0.3 is 5.97 Å². The number of nitrogens with zero attached hydrogens (tertiary/aromatic N) is 2. The SMILES string of the molecule is Cc1cnc(C(=O)O)n1Cc1ccc([P+](Cl)(c2ccccc2)c2ccccc2)cc1. The van der Waals surface area contributed by atoms with Crippen LogP contribution in [0.4, 0.5) is 0 Å². The van der Waals surface area contributed by atoms with Crippen LogP contribution in [0.25, 0.3) is 0 Å². The van der Waals surface area contributed by atoms with Crippen molar-refractivity contribution in [2.45, 2.75) is 13.5 Å². The van der Waals surface area contributed by atoms with Crippen LogP contribution in [-0.4, -0.2) is 20.6 Å². The predicted octanol–water partition coefficient (Wildman–Crippen LogP) is 4.39. The fourth-order valence-corrected chi connectivity index (χ4v) is 7.17. The van der Waals surface area contributed by atoms with Crippen LogP contribution in [0.5, 0.6) is 0 Å². The lowest BCUT2D eigenvalue weighted by atomic mass is 10.2. The minimum absolute atomic E-state index is 0.0457. The maximum Gasteiger partial charge on any atom is 0.372 e. The molecule has 4 aromatic rings. The molecule has 3 aromatic carbocycles. The van der Waals surface area contributed by atoms with Gasteiger partial charge in [0.15, 0.2) is 0 Å². The van der Waals surface area contributed by atoms with Gasteiger partial charge in [-0.2, -0.15) is 0 Å². The van der Waals surface area contributed by atoms with E-state index in [0.29, 0.717) is 6.54 Å². The van der Waals surface area contributed by atoms with Crippen molar-refractivity contribution in [3.05, 3.63) is 108 Å². The maximum atomic E-state index is 11.4. The first-order valence-electron chi connectivity index (χ1n) is 9.55. The third kappa shape index (κ3) is 3.77. The third-order valence-corrected chi connectivity index (χ3v) is 9.89. The van der Waals surface area contributed by atoms with Crippen molar-refractivity contribution in [2.24, 2.45) is 0 Å². The van der Waals surface area contributed by atoms with Gasteiger partial charge in [-0.25, -0.2) is 9.78 Å². The lowest BCUT2D eigenvalue weighted by molar-refractivity contribution is 0.0678. The lowest BCUT2D eigenvalue weighted by Gasteiger charge is -2.19. The molecule has 6 heteroatoms. The normalized spacial score (nSPS) is 11.4. The van der Waals surface area contributed by atoms with Gasteiger partial charge in [-0.3, -0.25) is 0 Å². The smallest absolute Gasteiger partial charge is 0.372 e. The summed E-state index contributed by atoms with van der Waals surface area (Å²) in [6.07, 6.45) is 1.58. The molecule has 4 nitrogen and oxygen atoms in total. The summed E-state index contributed by atoms with van der Waals surface area (Å²) < 4.78 is 1.70. The molecule has 0 aliphatic rings. The molecule has 0 aliphatic carbocycles. The van der Waals surface area contributed by atoms with Gasteiger partial charge in [0.25, 0.3) is 0 Å². The van der Waals surface area contributed by atoms with Crippen molar-refractivity contribution in [3.63, 3.8) is 0 Å². The second kappa shape index (κ2) is 8.43. The number of rotatable bonds is 6. The van der Waals surface area contributed by atoms with Crippen molar-refractivity contribution in [1.29, 1.82) is 0 Å². The minimum atomic E-state index is -2.29. The molecule has 0 aliphatic heterocycles. The Labute approximate surface area is 180 Å². The molecule has 0 saturated carbocycles. The molecule has 0 bridgehead atoms. The van der Waals surface area contributed by atoms with Crippen LogP contribution in [-0.2, 0) is 6.54 Å². The fourth-order valence-electron chi connectivity index (χ4n) is 3.53. The zero-order valence-electron chi connectivity index (χ0n) is 16.4. The van der Waals surface area contributed by atoms with Crippen molar-refractivity contribution >= 4 is 39.7 Å². The average molecular weight is 436 g/mol. The van der Waals surface area contributed by atoms with Crippen molar-refractivity contribution in [1.82, 2.24) is 9.55 Å². The molecule has 1 aromatic heterocycles. The van der Waals surface area contributed by atoms with Crippen LogP contribution in [0.2, 0.25) is 0 Å². The van der Waals surface area contributed by atoms with Gasteiger partial charge in [0, 0.05) is 18.4 Å². The van der Waals surface area contributed by atoms with Crippen LogP contribution < -0.4 is 15.9 Å². The second-order valence-corrected chi connectivity index (χ2v) is 11.3. The van der Waals surface area contributed by atoms with Crippen molar-refractivity contribution in [2.75, 3.05) is 0 Å². The van der Waals surface area contributed by atoms with Crippen molar-refractivity contribution in [3.8, 4) is 0 Å². The third-order valence-electron chi connectivity index (χ3n) is 5.10. The molecule has 1 N–H and O–H groups in total. The van der Waals surface area contributed by atoms with Crippen LogP contribution in [0, 0.1) is 6.92 Å². The Balaban J connectivity index is 1.73. The number of carboxylic acid groups (broad SMARTS) is 1. The number of hydrogen-bond acceptors (Lipinski definition) is 2. The Morgan fingerprint density at radius 2 is 1.40 bits per heavy atom. The molecule has 150 valence electrons. The number of hydrogen-bond donors (Lipinski definition) is 1. The highest BCUT2D eigenvalue weighted by molar-refractivity contribution is 8.14. The zero-order valence-corrected chi connectivity index (χ0v) is 18.1. The summed E-state index contributed by atoms with van der Waals surface area (Å²) in [5.74, 6) is -0.983. The number of imidazole rings is 1. The van der Waals surface area contributed by atoms with E-state index in [1.54, 1.807) is 10.8 Å². The molecular formula is C24H21ClN2O2P+. The molecule has 0 saturated heterocycles. The number of carboxylic acids is 1. The first-order valence-corrected chi connectivity index (χ1v) is 12.2. The van der Waals surface area contributed by atoms with E-state index in [2.05, 4.69) is 41.4 Å². The van der Waals surface area contributed by atoms with Gasteiger partial charge in [-0.15, -0.1) is 0 Å². The molecule has 0 amide bonds. The van der Waals surface area contributed by atoms with E-state index in [4.69, 9.17) is 11.2 Å². The first-order chi connectivity index (χ1) is 14.5. The van der Waals surface area contributed by atoms with Gasteiger partial charge in [0.05, 0.1) is 0 Å². The topological polar surface area (TPSA) is 55.1 Å². The first kappa shape index (κ1) is 20.3. The zero-order chi connectivity index (χ0) is 21.1. The number of aromatic nitrogens is 2. The highest BCUT2D eigenvalue weighted by Crippen LogP contribution is 2.60. The average Bonchev–Trinajstić information content (AvgIpc) is 3.15. The Hall–Kier alpha value is -2.94. The monoisotopic (exact) mass is 435 g/mol. The molecule has 4 rings (SSSR count).